The van der Waals surface area contributed by atoms with Crippen LogP contribution >= 0.6 is 46.4 Å². The van der Waals surface area contributed by atoms with Gasteiger partial charge >= 0.3 is 5.97 Å². The number of fused-ring (bicyclic) bond motifs is 1. The maximum atomic E-state index is 12.6. The van der Waals surface area contributed by atoms with Gasteiger partial charge in [0, 0.05) is 12.1 Å². The van der Waals surface area contributed by atoms with Crippen molar-refractivity contribution in [1.82, 2.24) is 15.8 Å². The fourth-order valence-electron chi connectivity index (χ4n) is 2.84. The highest BCUT2D eigenvalue weighted by molar-refractivity contribution is 6.55. The molecule has 3 rings (SSSR count). The van der Waals surface area contributed by atoms with Crippen molar-refractivity contribution >= 4 is 76.0 Å². The summed E-state index contributed by atoms with van der Waals surface area (Å²) in [6.45, 7) is -1.06. The van der Waals surface area contributed by atoms with Crippen LogP contribution in [-0.2, 0) is 14.3 Å². The summed E-state index contributed by atoms with van der Waals surface area (Å²) in [4.78, 5) is 61.5. The van der Waals surface area contributed by atoms with Crippen molar-refractivity contribution in [3.05, 3.63) is 67.1 Å². The largest absolute Gasteiger partial charge is 0.455 e. The maximum absolute atomic E-state index is 12.6. The Balaban J connectivity index is 1.50. The van der Waals surface area contributed by atoms with E-state index in [1.54, 1.807) is 30.3 Å². The molecule has 33 heavy (non-hydrogen) atoms. The average molecular weight is 533 g/mol. The molecule has 0 aromatic heterocycles. The van der Waals surface area contributed by atoms with Gasteiger partial charge in [-0.05, 0) is 12.1 Å². The lowest BCUT2D eigenvalue weighted by Gasteiger charge is -2.13. The molecule has 0 unspecified atom stereocenters. The highest BCUT2D eigenvalue weighted by atomic mass is 35.5. The van der Waals surface area contributed by atoms with Gasteiger partial charge in [-0.25, -0.2) is 0 Å². The molecule has 2 N–H and O–H groups in total. The number of ether oxygens (including phenoxy) is 1. The van der Waals surface area contributed by atoms with E-state index in [0.717, 1.165) is 4.90 Å². The molecule has 2 aromatic rings. The standard InChI is InChI=1S/C20H13Cl4N3O6/c21-14-12-13(15(22)17(24)16(14)23)20(32)27(19(12)31)7-6-11(29)33-8-10(28)25-26-18(30)9-4-2-1-3-5-9/h1-5H,6-8H2,(H,25,28)(H,26,30). The molecule has 1 heterocycles. The van der Waals surface area contributed by atoms with Gasteiger partial charge in [-0.3, -0.25) is 39.7 Å². The molecule has 0 radical (unpaired) electrons. The molecular weight excluding hydrogens is 520 g/mol. The van der Waals surface area contributed by atoms with Crippen molar-refractivity contribution in [2.45, 2.75) is 6.42 Å². The number of benzene rings is 2. The lowest BCUT2D eigenvalue weighted by molar-refractivity contribution is -0.148. The van der Waals surface area contributed by atoms with E-state index in [4.69, 9.17) is 51.1 Å². The summed E-state index contributed by atoms with van der Waals surface area (Å²) in [6, 6.07) is 8.12. The van der Waals surface area contributed by atoms with Gasteiger partial charge < -0.3 is 4.74 Å². The first kappa shape index (κ1) is 24.8. The molecule has 0 aliphatic carbocycles. The van der Waals surface area contributed by atoms with Gasteiger partial charge in [-0.2, -0.15) is 0 Å². The fourth-order valence-corrected chi connectivity index (χ4v) is 3.86. The van der Waals surface area contributed by atoms with Crippen molar-refractivity contribution in [3.63, 3.8) is 0 Å². The van der Waals surface area contributed by atoms with Crippen molar-refractivity contribution < 1.29 is 28.7 Å². The van der Waals surface area contributed by atoms with E-state index in [1.165, 1.54) is 0 Å². The molecule has 172 valence electrons. The van der Waals surface area contributed by atoms with Crippen molar-refractivity contribution in [1.29, 1.82) is 0 Å². The molecule has 1 aliphatic rings. The van der Waals surface area contributed by atoms with Crippen LogP contribution in [0.5, 0.6) is 0 Å². The van der Waals surface area contributed by atoms with Crippen molar-refractivity contribution in [2.75, 3.05) is 13.2 Å². The van der Waals surface area contributed by atoms with E-state index in [-0.39, 0.29) is 37.8 Å². The Labute approximate surface area is 206 Å². The van der Waals surface area contributed by atoms with Crippen LogP contribution in [0.2, 0.25) is 20.1 Å². The monoisotopic (exact) mass is 531 g/mol. The topological polar surface area (TPSA) is 122 Å². The Morgan fingerprint density at radius 1 is 0.818 bits per heavy atom. The second-order valence-corrected chi connectivity index (χ2v) is 8.06. The lowest BCUT2D eigenvalue weighted by Crippen LogP contribution is -2.43. The van der Waals surface area contributed by atoms with E-state index in [9.17, 15) is 24.0 Å². The average Bonchev–Trinajstić information content (AvgIpc) is 3.07. The summed E-state index contributed by atoms with van der Waals surface area (Å²) >= 11 is 24.0. The predicted molar refractivity (Wildman–Crippen MR) is 119 cm³/mol. The number of halogens is 4. The van der Waals surface area contributed by atoms with Gasteiger partial charge in [-0.1, -0.05) is 64.6 Å². The van der Waals surface area contributed by atoms with Crippen LogP contribution < -0.4 is 10.9 Å². The Bertz CT molecular complexity index is 1130. The minimum atomic E-state index is -0.871. The summed E-state index contributed by atoms with van der Waals surface area (Å²) < 4.78 is 4.79. The van der Waals surface area contributed by atoms with Crippen LogP contribution in [0, 0.1) is 0 Å². The predicted octanol–water partition coefficient (Wildman–Crippen LogP) is 3.29. The number of nitrogens with zero attached hydrogens (tertiary/aromatic N) is 1. The van der Waals surface area contributed by atoms with Gasteiger partial charge in [0.15, 0.2) is 6.61 Å². The van der Waals surface area contributed by atoms with Crippen molar-refractivity contribution in [2.24, 2.45) is 0 Å². The van der Waals surface area contributed by atoms with Crippen LogP contribution in [0.3, 0.4) is 0 Å². The number of carbonyl (C=O) groups excluding carboxylic acids is 5. The fraction of sp³-hybridized carbons (Fsp3) is 0.150. The smallest absolute Gasteiger partial charge is 0.308 e. The van der Waals surface area contributed by atoms with E-state index in [2.05, 4.69) is 10.9 Å². The molecule has 0 fully saturated rings. The van der Waals surface area contributed by atoms with Gasteiger partial charge in [0.2, 0.25) is 0 Å². The summed E-state index contributed by atoms with van der Waals surface area (Å²) in [7, 11) is 0. The molecule has 13 heteroatoms. The Morgan fingerprint density at radius 3 is 1.91 bits per heavy atom. The number of hydrogen-bond donors (Lipinski definition) is 2. The molecule has 4 amide bonds. The van der Waals surface area contributed by atoms with Crippen LogP contribution in [-0.4, -0.2) is 47.6 Å². The highest BCUT2D eigenvalue weighted by Crippen LogP contribution is 2.44. The number of carbonyl (C=O) groups is 5. The first-order chi connectivity index (χ1) is 15.6. The number of hydrazine groups is 1. The number of nitrogens with one attached hydrogen (secondary N) is 2. The normalized spacial score (nSPS) is 12.4. The molecule has 0 spiro atoms. The van der Waals surface area contributed by atoms with E-state index in [1.807, 2.05) is 0 Å². The SMILES string of the molecule is O=C(COC(=O)CCN1C(=O)c2c(Cl)c(Cl)c(Cl)c(Cl)c2C1=O)NNC(=O)c1ccccc1. The zero-order valence-electron chi connectivity index (χ0n) is 16.4. The molecule has 0 saturated carbocycles. The molecular formula is C20H13Cl4N3O6. The zero-order chi connectivity index (χ0) is 24.3. The Kier molecular flexibility index (Phi) is 7.80. The minimum absolute atomic E-state index is 0.171. The molecule has 0 saturated heterocycles. The summed E-state index contributed by atoms with van der Waals surface area (Å²) in [6.07, 6.45) is -0.411. The minimum Gasteiger partial charge on any atom is -0.455 e. The van der Waals surface area contributed by atoms with Crippen molar-refractivity contribution in [3.8, 4) is 0 Å². The summed E-state index contributed by atoms with van der Waals surface area (Å²) in [5.74, 6) is -3.82. The molecule has 9 nitrogen and oxygen atoms in total. The molecule has 1 aliphatic heterocycles. The summed E-state index contributed by atoms with van der Waals surface area (Å²) in [5, 5.41) is -0.790. The van der Waals surface area contributed by atoms with Crippen LogP contribution in [0.25, 0.3) is 0 Å². The first-order valence-corrected chi connectivity index (χ1v) is 10.7. The molecule has 0 bridgehead atoms. The summed E-state index contributed by atoms with van der Waals surface area (Å²) in [5.41, 5.74) is 4.17. The first-order valence-electron chi connectivity index (χ1n) is 9.15. The Morgan fingerprint density at radius 2 is 1.36 bits per heavy atom. The highest BCUT2D eigenvalue weighted by Gasteiger charge is 2.41. The van der Waals surface area contributed by atoms with Gasteiger partial charge in [0.25, 0.3) is 23.6 Å². The second-order valence-electron chi connectivity index (χ2n) is 6.55. The van der Waals surface area contributed by atoms with Gasteiger partial charge in [-0.15, -0.1) is 0 Å². The van der Waals surface area contributed by atoms with Crippen LogP contribution in [0.4, 0.5) is 0 Å². The van der Waals surface area contributed by atoms with E-state index in [0.29, 0.717) is 5.56 Å². The third kappa shape index (κ3) is 5.22. The Hall–Kier alpha value is -2.85. The number of imide groups is 1. The van der Waals surface area contributed by atoms with Gasteiger partial charge in [0.1, 0.15) is 0 Å². The second kappa shape index (κ2) is 10.4. The number of rotatable bonds is 6. The quantitative estimate of drug-likeness (QED) is 0.193. The molecule has 0 atom stereocenters. The van der Waals surface area contributed by atoms with E-state index < -0.39 is 42.6 Å². The third-order valence-electron chi connectivity index (χ3n) is 4.44. The molecule has 2 aromatic carbocycles. The third-order valence-corrected chi connectivity index (χ3v) is 6.24. The number of hydrogen-bond acceptors (Lipinski definition) is 6. The zero-order valence-corrected chi connectivity index (χ0v) is 19.4. The van der Waals surface area contributed by atoms with Gasteiger partial charge in [0.05, 0.1) is 37.6 Å². The van der Waals surface area contributed by atoms with Crippen LogP contribution in [0.1, 0.15) is 37.5 Å². The van der Waals surface area contributed by atoms with Crippen LogP contribution in [0.15, 0.2) is 30.3 Å². The maximum Gasteiger partial charge on any atom is 0.308 e. The number of amides is 4. The number of esters is 1. The van der Waals surface area contributed by atoms with E-state index >= 15 is 0 Å². The lowest BCUT2D eigenvalue weighted by atomic mass is 10.1.